The molecule has 1 atom stereocenters. The molecule has 0 bridgehead atoms. The third-order valence-electron chi connectivity index (χ3n) is 3.11. The second-order valence-electron chi connectivity index (χ2n) is 4.58. The van der Waals surface area contributed by atoms with Crippen LogP contribution in [0.4, 0.5) is 0 Å². The zero-order chi connectivity index (χ0) is 16.7. The van der Waals surface area contributed by atoms with Crippen LogP contribution in [0.2, 0.25) is 0 Å². The minimum absolute atomic E-state index is 0.0213. The summed E-state index contributed by atoms with van der Waals surface area (Å²) in [6.45, 7) is 0.161. The molecule has 2 heterocycles. The Bertz CT molecular complexity index is 804. The molecule has 0 aliphatic carbocycles. The maximum absolute atomic E-state index is 12.2. The van der Waals surface area contributed by atoms with Crippen LogP contribution in [0.15, 0.2) is 15.9 Å². The van der Waals surface area contributed by atoms with Crippen molar-refractivity contribution in [3.63, 3.8) is 0 Å². The molecule has 11 heteroatoms. The Morgan fingerprint density at radius 2 is 1.95 bits per heavy atom. The largest absolute Gasteiger partial charge is 0.365 e. The lowest BCUT2D eigenvalue weighted by Crippen LogP contribution is -2.37. The summed E-state index contributed by atoms with van der Waals surface area (Å²) in [7, 11) is 2.90. The molecule has 2 rings (SSSR count). The molecule has 0 spiro atoms. The Hall–Kier alpha value is -1.06. The Balaban J connectivity index is 2.28. The SMILES string of the molecule is Cn1c(=O)c2c(ncn2CCOC(O)C(Cl)(Cl)Cl)n(C)c1=O. The molecule has 22 heavy (non-hydrogen) atoms. The quantitative estimate of drug-likeness (QED) is 0.610. The molecule has 1 unspecified atom stereocenters. The lowest BCUT2D eigenvalue weighted by atomic mass is 10.5. The molecule has 0 aliphatic heterocycles. The smallest absolute Gasteiger partial charge is 0.332 e. The summed E-state index contributed by atoms with van der Waals surface area (Å²) in [6, 6.07) is 0. The van der Waals surface area contributed by atoms with E-state index >= 15 is 0 Å². The van der Waals surface area contributed by atoms with Crippen LogP contribution < -0.4 is 11.2 Å². The first-order chi connectivity index (χ1) is 10.1. The minimum Gasteiger partial charge on any atom is -0.365 e. The number of aliphatic hydroxyl groups is 1. The number of halogens is 3. The summed E-state index contributed by atoms with van der Waals surface area (Å²) in [5, 5.41) is 9.45. The molecule has 2 aromatic rings. The average molecular weight is 372 g/mol. The van der Waals surface area contributed by atoms with Crippen molar-refractivity contribution in [3.05, 3.63) is 27.2 Å². The maximum Gasteiger partial charge on any atom is 0.332 e. The van der Waals surface area contributed by atoms with Crippen LogP contribution in [0.3, 0.4) is 0 Å². The highest BCUT2D eigenvalue weighted by Gasteiger charge is 2.31. The number of fused-ring (bicyclic) bond motifs is 1. The first-order valence-electron chi connectivity index (χ1n) is 6.12. The molecule has 122 valence electrons. The third kappa shape index (κ3) is 3.16. The van der Waals surface area contributed by atoms with Gasteiger partial charge in [0, 0.05) is 20.6 Å². The summed E-state index contributed by atoms with van der Waals surface area (Å²) < 4.78 is 6.78. The number of imidazole rings is 1. The summed E-state index contributed by atoms with van der Waals surface area (Å²) >= 11 is 16.4. The van der Waals surface area contributed by atoms with Crippen molar-refractivity contribution in [2.24, 2.45) is 14.1 Å². The number of ether oxygens (including phenoxy) is 1. The van der Waals surface area contributed by atoms with Gasteiger partial charge in [-0.05, 0) is 0 Å². The van der Waals surface area contributed by atoms with Crippen LogP contribution in [0, 0.1) is 0 Å². The predicted molar refractivity (Wildman–Crippen MR) is 82.5 cm³/mol. The fraction of sp³-hybridized carbons (Fsp3) is 0.545. The standard InChI is InChI=1S/C11H13Cl3N4O4/c1-16-7-6(8(19)17(2)10(16)21)18(5-15-7)3-4-22-9(20)11(12,13)14/h5,9,20H,3-4H2,1-2H3. The van der Waals surface area contributed by atoms with Gasteiger partial charge in [0.25, 0.3) is 5.56 Å². The van der Waals surface area contributed by atoms with Gasteiger partial charge in [-0.1, -0.05) is 34.8 Å². The van der Waals surface area contributed by atoms with E-state index in [1.54, 1.807) is 0 Å². The molecule has 8 nitrogen and oxygen atoms in total. The van der Waals surface area contributed by atoms with Crippen LogP contribution in [-0.4, -0.2) is 40.5 Å². The molecule has 0 radical (unpaired) electrons. The van der Waals surface area contributed by atoms with E-state index in [1.165, 1.54) is 29.6 Å². The normalized spacial score (nSPS) is 13.7. The number of nitrogens with zero attached hydrogens (tertiary/aromatic N) is 4. The van der Waals surface area contributed by atoms with Gasteiger partial charge < -0.3 is 14.4 Å². The van der Waals surface area contributed by atoms with Gasteiger partial charge in [-0.3, -0.25) is 13.9 Å². The highest BCUT2D eigenvalue weighted by Crippen LogP contribution is 2.30. The van der Waals surface area contributed by atoms with Gasteiger partial charge in [-0.2, -0.15) is 0 Å². The molecule has 0 aliphatic rings. The molecular formula is C11H13Cl3N4O4. The van der Waals surface area contributed by atoms with E-state index in [1.807, 2.05) is 0 Å². The number of aromatic nitrogens is 4. The van der Waals surface area contributed by atoms with Crippen molar-refractivity contribution in [3.8, 4) is 0 Å². The molecule has 0 aromatic carbocycles. The van der Waals surface area contributed by atoms with Gasteiger partial charge in [0.05, 0.1) is 12.9 Å². The first-order valence-corrected chi connectivity index (χ1v) is 7.25. The van der Waals surface area contributed by atoms with E-state index in [4.69, 9.17) is 39.5 Å². The van der Waals surface area contributed by atoms with Crippen molar-refractivity contribution < 1.29 is 9.84 Å². The molecule has 0 saturated heterocycles. The first kappa shape index (κ1) is 17.3. The monoisotopic (exact) mass is 370 g/mol. The van der Waals surface area contributed by atoms with Crippen LogP contribution in [-0.2, 0) is 25.4 Å². The number of hydrogen-bond acceptors (Lipinski definition) is 5. The van der Waals surface area contributed by atoms with Crippen molar-refractivity contribution in [1.29, 1.82) is 0 Å². The third-order valence-corrected chi connectivity index (χ3v) is 3.67. The Labute approximate surface area is 139 Å². The van der Waals surface area contributed by atoms with Gasteiger partial charge in [0.15, 0.2) is 11.2 Å². The fourth-order valence-electron chi connectivity index (χ4n) is 1.92. The van der Waals surface area contributed by atoms with Gasteiger partial charge in [0.2, 0.25) is 10.1 Å². The number of alkyl halides is 3. The average Bonchev–Trinajstić information content (AvgIpc) is 2.85. The van der Waals surface area contributed by atoms with Gasteiger partial charge in [-0.25, -0.2) is 9.78 Å². The Morgan fingerprint density at radius 1 is 1.32 bits per heavy atom. The zero-order valence-electron chi connectivity index (χ0n) is 11.7. The minimum atomic E-state index is -1.96. The lowest BCUT2D eigenvalue weighted by Gasteiger charge is -2.19. The van der Waals surface area contributed by atoms with E-state index in [9.17, 15) is 14.7 Å². The van der Waals surface area contributed by atoms with E-state index < -0.39 is 21.3 Å². The maximum atomic E-state index is 12.2. The van der Waals surface area contributed by atoms with Crippen molar-refractivity contribution in [1.82, 2.24) is 18.7 Å². The molecule has 0 saturated carbocycles. The predicted octanol–water partition coefficient (Wildman–Crippen LogP) is 0.139. The second kappa shape index (κ2) is 6.21. The van der Waals surface area contributed by atoms with E-state index in [0.29, 0.717) is 0 Å². The van der Waals surface area contributed by atoms with Gasteiger partial charge >= 0.3 is 5.69 Å². The summed E-state index contributed by atoms with van der Waals surface area (Å²) in [5.41, 5.74) is -0.435. The summed E-state index contributed by atoms with van der Waals surface area (Å²) in [4.78, 5) is 28.0. The van der Waals surface area contributed by atoms with Gasteiger partial charge in [0.1, 0.15) is 0 Å². The summed E-state index contributed by atoms with van der Waals surface area (Å²) in [5.74, 6) is 0. The van der Waals surface area contributed by atoms with Crippen molar-refractivity contribution in [2.45, 2.75) is 16.6 Å². The fourth-order valence-corrected chi connectivity index (χ4v) is 2.11. The molecule has 1 N–H and O–H groups in total. The highest BCUT2D eigenvalue weighted by atomic mass is 35.6. The summed E-state index contributed by atoms with van der Waals surface area (Å²) in [6.07, 6.45) is -0.198. The molecule has 0 amide bonds. The van der Waals surface area contributed by atoms with E-state index in [2.05, 4.69) is 4.98 Å². The van der Waals surface area contributed by atoms with Crippen molar-refractivity contribution >= 4 is 46.0 Å². The van der Waals surface area contributed by atoms with E-state index in [-0.39, 0.29) is 24.3 Å². The van der Waals surface area contributed by atoms with Crippen LogP contribution in [0.1, 0.15) is 0 Å². The Kier molecular flexibility index (Phi) is 4.88. The van der Waals surface area contributed by atoms with Crippen LogP contribution in [0.25, 0.3) is 11.2 Å². The van der Waals surface area contributed by atoms with Crippen molar-refractivity contribution in [2.75, 3.05) is 6.61 Å². The number of rotatable bonds is 4. The second-order valence-corrected chi connectivity index (χ2v) is 6.95. The van der Waals surface area contributed by atoms with Crippen LogP contribution in [0.5, 0.6) is 0 Å². The topological polar surface area (TPSA) is 91.3 Å². The molecule has 2 aromatic heterocycles. The number of hydrogen-bond donors (Lipinski definition) is 1. The Morgan fingerprint density at radius 3 is 2.55 bits per heavy atom. The van der Waals surface area contributed by atoms with E-state index in [0.717, 1.165) is 4.57 Å². The number of aliphatic hydroxyl groups excluding tert-OH is 1. The lowest BCUT2D eigenvalue weighted by molar-refractivity contribution is -0.0971. The number of aryl methyl sites for hydroxylation is 1. The zero-order valence-corrected chi connectivity index (χ0v) is 13.9. The molecular weight excluding hydrogens is 359 g/mol. The highest BCUT2D eigenvalue weighted by molar-refractivity contribution is 6.67. The van der Waals surface area contributed by atoms with Crippen LogP contribution >= 0.6 is 34.8 Å². The molecule has 0 fully saturated rings. The van der Waals surface area contributed by atoms with Gasteiger partial charge in [-0.15, -0.1) is 0 Å².